The summed E-state index contributed by atoms with van der Waals surface area (Å²) < 4.78 is 10.5. The maximum Gasteiger partial charge on any atom is 0.342 e. The van der Waals surface area contributed by atoms with Gasteiger partial charge >= 0.3 is 11.9 Å². The Hall–Kier alpha value is -4.46. The average Bonchev–Trinajstić information content (AvgIpc) is 3.57. The number of aromatic amines is 2. The smallest absolute Gasteiger partial charge is 0.342 e. The minimum absolute atomic E-state index is 0.263. The second-order valence-corrected chi connectivity index (χ2v) is 10.5. The summed E-state index contributed by atoms with van der Waals surface area (Å²) in [6.45, 7) is 15.9. The summed E-state index contributed by atoms with van der Waals surface area (Å²) in [5.41, 5.74) is 13.6. The van der Waals surface area contributed by atoms with Crippen LogP contribution in [0.3, 0.4) is 0 Å². The van der Waals surface area contributed by atoms with Crippen LogP contribution in [0.5, 0.6) is 0 Å². The molecule has 0 fully saturated rings. The summed E-state index contributed by atoms with van der Waals surface area (Å²) in [6.07, 6.45) is 0. The highest BCUT2D eigenvalue weighted by atomic mass is 16.5. The zero-order valence-corrected chi connectivity index (χ0v) is 24.7. The molecule has 2 aliphatic heterocycles. The minimum Gasteiger partial charge on any atom is -0.465 e. The Morgan fingerprint density at radius 3 is 1.62 bits per heavy atom. The summed E-state index contributed by atoms with van der Waals surface area (Å²) >= 11 is 0. The molecule has 0 atom stereocenters. The molecule has 0 saturated heterocycles. The molecule has 3 aromatic rings. The highest BCUT2D eigenvalue weighted by molar-refractivity contribution is 6.09. The summed E-state index contributed by atoms with van der Waals surface area (Å²) in [7, 11) is 2.70. The van der Waals surface area contributed by atoms with E-state index in [-0.39, 0.29) is 5.56 Å². The highest BCUT2D eigenvalue weighted by Gasteiger charge is 2.30. The first-order valence-electron chi connectivity index (χ1n) is 13.2. The van der Waals surface area contributed by atoms with E-state index in [1.54, 1.807) is 0 Å². The van der Waals surface area contributed by atoms with E-state index in [1.807, 2.05) is 47.6 Å². The molecule has 2 N–H and O–H groups in total. The van der Waals surface area contributed by atoms with Gasteiger partial charge in [0.05, 0.1) is 42.5 Å². The summed E-state index contributed by atoms with van der Waals surface area (Å²) in [5.74, 6) is -1.06. The van der Waals surface area contributed by atoms with Crippen molar-refractivity contribution in [2.75, 3.05) is 14.2 Å². The first-order chi connectivity index (χ1) is 18.9. The molecule has 0 spiro atoms. The molecule has 0 amide bonds. The van der Waals surface area contributed by atoms with Gasteiger partial charge in [-0.3, -0.25) is 0 Å². The normalized spacial score (nSPS) is 13.2. The summed E-state index contributed by atoms with van der Waals surface area (Å²) in [4.78, 5) is 43.6. The third kappa shape index (κ3) is 3.89. The third-order valence-corrected chi connectivity index (χ3v) is 8.58. The number of hydrogen-bond acceptors (Lipinski definition) is 6. The lowest BCUT2D eigenvalue weighted by Crippen LogP contribution is -2.09. The zero-order valence-electron chi connectivity index (χ0n) is 24.7. The number of nitrogens with zero attached hydrogens (tertiary/aromatic N) is 2. The van der Waals surface area contributed by atoms with Gasteiger partial charge in [0.2, 0.25) is 0 Å². The van der Waals surface area contributed by atoms with Crippen LogP contribution in [0.15, 0.2) is 12.1 Å². The molecule has 5 heterocycles. The lowest BCUT2D eigenvalue weighted by atomic mass is 9.99. The number of fused-ring (bicyclic) bond motifs is 8. The molecule has 8 nitrogen and oxygen atoms in total. The van der Waals surface area contributed by atoms with Crippen molar-refractivity contribution in [1.29, 1.82) is 0 Å². The van der Waals surface area contributed by atoms with E-state index >= 15 is 0 Å². The fraction of sp³-hybridized carbons (Fsp3) is 0.312. The maximum atomic E-state index is 13.4. The van der Waals surface area contributed by atoms with Crippen molar-refractivity contribution in [3.8, 4) is 0 Å². The van der Waals surface area contributed by atoms with E-state index in [1.165, 1.54) is 14.2 Å². The predicted octanol–water partition coefficient (Wildman–Crippen LogP) is 7.02. The predicted molar refractivity (Wildman–Crippen MR) is 159 cm³/mol. The minimum atomic E-state index is -0.544. The second-order valence-electron chi connectivity index (χ2n) is 10.5. The van der Waals surface area contributed by atoms with Gasteiger partial charge in [-0.25, -0.2) is 19.6 Å². The largest absolute Gasteiger partial charge is 0.465 e. The highest BCUT2D eigenvalue weighted by Crippen LogP contribution is 2.39. The number of H-pyrrole nitrogens is 2. The molecular formula is C32H34N4O4. The van der Waals surface area contributed by atoms with Crippen LogP contribution >= 0.6 is 0 Å². The van der Waals surface area contributed by atoms with Crippen molar-refractivity contribution in [2.24, 2.45) is 0 Å². The van der Waals surface area contributed by atoms with Crippen molar-refractivity contribution in [2.45, 2.75) is 55.4 Å². The molecule has 0 radical (unpaired) electrons. The molecule has 0 saturated carbocycles. The van der Waals surface area contributed by atoms with Gasteiger partial charge < -0.3 is 19.4 Å². The number of nitrogens with one attached hydrogen (secondary N) is 2. The first kappa shape index (κ1) is 27.1. The molecule has 3 aromatic heterocycles. The number of aromatic nitrogens is 4. The zero-order chi connectivity index (χ0) is 29.2. The van der Waals surface area contributed by atoms with Gasteiger partial charge in [-0.2, -0.15) is 0 Å². The van der Waals surface area contributed by atoms with Gasteiger partial charge in [-0.05, 0) is 112 Å². The number of rotatable bonds is 2. The standard InChI is InChI=1S/C32H34N4O4/c1-13-14(2)22-12-24-16(4)18(6)28(35-24)26(32(38)40-10)30-20(8)19(7)29(36-30)25(31(37)39-9)27-17(5)15(3)23(34-27)11-21(13)33-22/h11-12,33-34H,1-10H3. The van der Waals surface area contributed by atoms with Gasteiger partial charge in [0.25, 0.3) is 0 Å². The first-order valence-corrected chi connectivity index (χ1v) is 13.2. The van der Waals surface area contributed by atoms with Crippen LogP contribution in [0, 0.1) is 27.7 Å². The molecule has 0 aromatic carbocycles. The van der Waals surface area contributed by atoms with Crippen LogP contribution in [0.2, 0.25) is 0 Å². The van der Waals surface area contributed by atoms with Crippen molar-refractivity contribution in [3.63, 3.8) is 0 Å². The van der Waals surface area contributed by atoms with E-state index < -0.39 is 11.9 Å². The molecule has 2 aliphatic rings. The van der Waals surface area contributed by atoms with Crippen LogP contribution in [-0.4, -0.2) is 46.1 Å². The van der Waals surface area contributed by atoms with Gasteiger partial charge in [-0.15, -0.1) is 0 Å². The quantitative estimate of drug-likeness (QED) is 0.339. The monoisotopic (exact) mass is 538 g/mol. The van der Waals surface area contributed by atoms with Crippen LogP contribution in [0.1, 0.15) is 93.4 Å². The van der Waals surface area contributed by atoms with E-state index in [4.69, 9.17) is 19.4 Å². The summed E-state index contributed by atoms with van der Waals surface area (Å²) in [6, 6.07) is 4.09. The van der Waals surface area contributed by atoms with Gasteiger partial charge in [0.1, 0.15) is 11.1 Å². The molecule has 206 valence electrons. The molecular weight excluding hydrogens is 504 g/mol. The fourth-order valence-corrected chi connectivity index (χ4v) is 5.40. The van der Waals surface area contributed by atoms with Crippen LogP contribution in [-0.2, 0) is 9.47 Å². The summed E-state index contributed by atoms with van der Waals surface area (Å²) in [5, 5.41) is 0. The van der Waals surface area contributed by atoms with E-state index in [0.717, 1.165) is 66.8 Å². The molecule has 40 heavy (non-hydrogen) atoms. The number of allylic oxidation sites excluding steroid dienone is 4. The molecule has 5 rings (SSSR count). The lowest BCUT2D eigenvalue weighted by molar-refractivity contribution is 0.0592. The number of ether oxygens (including phenoxy) is 2. The van der Waals surface area contributed by atoms with Gasteiger partial charge in [0.15, 0.2) is 0 Å². The molecule has 0 aliphatic carbocycles. The molecule has 0 unspecified atom stereocenters. The van der Waals surface area contributed by atoms with Crippen molar-refractivity contribution >= 4 is 56.3 Å². The average molecular weight is 539 g/mol. The maximum absolute atomic E-state index is 13.4. The number of methoxy groups -OCH3 is 2. The van der Waals surface area contributed by atoms with Crippen LogP contribution in [0.25, 0.3) is 44.4 Å². The number of esters is 2. The SMILES string of the molecule is COC(=O)c1c2nc(cc3[nH]c(cc4[nH]c(c(C)c4C)c(C(=O)OC)c4nc1C(C)=C4C)c(C)c3C)C(C)=C2C. The van der Waals surface area contributed by atoms with Gasteiger partial charge in [-0.1, -0.05) is 0 Å². The Kier molecular flexibility index (Phi) is 6.53. The van der Waals surface area contributed by atoms with Crippen molar-refractivity contribution in [1.82, 2.24) is 19.9 Å². The Morgan fingerprint density at radius 2 is 1.02 bits per heavy atom. The number of carbonyl (C=O) groups is 2. The number of aryl methyl sites for hydroxylation is 4. The Balaban J connectivity index is 2.14. The van der Waals surface area contributed by atoms with Gasteiger partial charge in [0, 0.05) is 16.6 Å². The topological polar surface area (TPSA) is 110 Å². The second kappa shape index (κ2) is 9.62. The number of carbonyl (C=O) groups excluding carboxylic acids is 2. The Labute approximate surface area is 233 Å². The van der Waals surface area contributed by atoms with Crippen LogP contribution < -0.4 is 0 Å². The third-order valence-electron chi connectivity index (χ3n) is 8.58. The number of hydrogen-bond donors (Lipinski definition) is 2. The Bertz CT molecular complexity index is 1880. The van der Waals surface area contributed by atoms with Crippen LogP contribution in [0.4, 0.5) is 0 Å². The fourth-order valence-electron chi connectivity index (χ4n) is 5.40. The molecule has 8 heteroatoms. The lowest BCUT2D eigenvalue weighted by Gasteiger charge is -2.06. The van der Waals surface area contributed by atoms with E-state index in [9.17, 15) is 9.59 Å². The van der Waals surface area contributed by atoms with E-state index in [0.29, 0.717) is 28.2 Å². The molecule has 8 bridgehead atoms. The Morgan fingerprint density at radius 1 is 0.575 bits per heavy atom. The van der Waals surface area contributed by atoms with Crippen molar-refractivity contribution < 1.29 is 19.1 Å². The van der Waals surface area contributed by atoms with Crippen molar-refractivity contribution in [3.05, 3.63) is 68.3 Å². The van der Waals surface area contributed by atoms with E-state index in [2.05, 4.69) is 29.9 Å².